The van der Waals surface area contributed by atoms with E-state index in [-0.39, 0.29) is 0 Å². The van der Waals surface area contributed by atoms with E-state index in [0.29, 0.717) is 6.42 Å². The standard InChI is InChI=1S/C14H20N2O/c17-12-2-4-13-3-1-5-14(7-6-13)16-10-8-15-9-11-16/h1,5-7,12,15H,2-4,8-11H2. The van der Waals surface area contributed by atoms with Crippen molar-refractivity contribution in [3.63, 3.8) is 0 Å². The highest BCUT2D eigenvalue weighted by atomic mass is 16.1. The fourth-order valence-electron chi connectivity index (χ4n) is 2.22. The smallest absolute Gasteiger partial charge is 0.120 e. The fraction of sp³-hybridized carbons (Fsp3) is 0.500. The molecule has 0 aromatic heterocycles. The monoisotopic (exact) mass is 232 g/mol. The molecule has 1 saturated heterocycles. The van der Waals surface area contributed by atoms with E-state index in [0.717, 1.165) is 45.3 Å². The van der Waals surface area contributed by atoms with Crippen LogP contribution in [0.2, 0.25) is 0 Å². The van der Waals surface area contributed by atoms with Gasteiger partial charge in [-0.25, -0.2) is 0 Å². The third kappa shape index (κ3) is 3.56. The third-order valence-corrected chi connectivity index (χ3v) is 3.22. The number of carbonyl (C=O) groups is 1. The van der Waals surface area contributed by atoms with Crippen LogP contribution in [0.5, 0.6) is 0 Å². The molecule has 1 aliphatic heterocycles. The first kappa shape index (κ1) is 12.1. The van der Waals surface area contributed by atoms with Gasteiger partial charge in [-0.2, -0.15) is 0 Å². The van der Waals surface area contributed by atoms with Gasteiger partial charge in [-0.1, -0.05) is 17.7 Å². The van der Waals surface area contributed by atoms with Crippen LogP contribution < -0.4 is 5.32 Å². The number of aldehydes is 1. The van der Waals surface area contributed by atoms with Crippen molar-refractivity contribution in [1.82, 2.24) is 10.2 Å². The summed E-state index contributed by atoms with van der Waals surface area (Å²) in [6.07, 6.45) is 12.3. The molecule has 1 aliphatic carbocycles. The van der Waals surface area contributed by atoms with Gasteiger partial charge in [0.25, 0.3) is 0 Å². The minimum atomic E-state index is 0.635. The molecular weight excluding hydrogens is 212 g/mol. The van der Waals surface area contributed by atoms with E-state index in [2.05, 4.69) is 34.5 Å². The summed E-state index contributed by atoms with van der Waals surface area (Å²) in [5.74, 6) is 0. The van der Waals surface area contributed by atoms with Gasteiger partial charge in [-0.15, -0.1) is 0 Å². The minimum absolute atomic E-state index is 0.635. The number of carbonyl (C=O) groups excluding carboxylic acids is 1. The summed E-state index contributed by atoms with van der Waals surface area (Å²) in [7, 11) is 0. The molecule has 0 atom stereocenters. The summed E-state index contributed by atoms with van der Waals surface area (Å²) < 4.78 is 0. The van der Waals surface area contributed by atoms with Crippen molar-refractivity contribution < 1.29 is 4.79 Å². The molecule has 0 saturated carbocycles. The van der Waals surface area contributed by atoms with Crippen LogP contribution in [0.3, 0.4) is 0 Å². The fourth-order valence-corrected chi connectivity index (χ4v) is 2.22. The van der Waals surface area contributed by atoms with E-state index in [4.69, 9.17) is 0 Å². The zero-order valence-electron chi connectivity index (χ0n) is 10.2. The van der Waals surface area contributed by atoms with Crippen LogP contribution in [0, 0.1) is 0 Å². The van der Waals surface area contributed by atoms with Crippen molar-refractivity contribution >= 4 is 6.29 Å². The summed E-state index contributed by atoms with van der Waals surface area (Å²) in [6.45, 7) is 4.28. The summed E-state index contributed by atoms with van der Waals surface area (Å²) in [5.41, 5.74) is 2.64. The highest BCUT2D eigenvalue weighted by Gasteiger charge is 2.11. The van der Waals surface area contributed by atoms with Crippen molar-refractivity contribution in [2.75, 3.05) is 26.2 Å². The Balaban J connectivity index is 2.00. The average molecular weight is 232 g/mol. The molecule has 3 nitrogen and oxygen atoms in total. The average Bonchev–Trinajstić information content (AvgIpc) is 2.63. The molecule has 3 heteroatoms. The summed E-state index contributed by atoms with van der Waals surface area (Å²) in [4.78, 5) is 12.8. The second kappa shape index (κ2) is 6.40. The summed E-state index contributed by atoms with van der Waals surface area (Å²) in [5, 5.41) is 3.36. The van der Waals surface area contributed by atoms with Crippen LogP contribution >= 0.6 is 0 Å². The second-order valence-electron chi connectivity index (χ2n) is 4.47. The van der Waals surface area contributed by atoms with Gasteiger partial charge in [0.1, 0.15) is 6.29 Å². The van der Waals surface area contributed by atoms with Crippen LogP contribution in [0.15, 0.2) is 35.6 Å². The maximum atomic E-state index is 10.4. The van der Waals surface area contributed by atoms with Gasteiger partial charge >= 0.3 is 0 Å². The van der Waals surface area contributed by atoms with Gasteiger partial charge in [0.15, 0.2) is 0 Å². The van der Waals surface area contributed by atoms with Crippen molar-refractivity contribution in [2.45, 2.75) is 19.3 Å². The molecule has 0 unspecified atom stereocenters. The zero-order chi connectivity index (χ0) is 11.9. The van der Waals surface area contributed by atoms with Crippen molar-refractivity contribution in [3.8, 4) is 0 Å². The molecule has 0 aromatic rings. The summed E-state index contributed by atoms with van der Waals surface area (Å²) >= 11 is 0. The van der Waals surface area contributed by atoms with Gasteiger partial charge < -0.3 is 15.0 Å². The highest BCUT2D eigenvalue weighted by molar-refractivity contribution is 5.50. The molecule has 0 amide bonds. The number of hydrogen-bond acceptors (Lipinski definition) is 3. The lowest BCUT2D eigenvalue weighted by Gasteiger charge is -2.30. The van der Waals surface area contributed by atoms with Gasteiger partial charge in [0.05, 0.1) is 0 Å². The van der Waals surface area contributed by atoms with E-state index < -0.39 is 0 Å². The second-order valence-corrected chi connectivity index (χ2v) is 4.47. The van der Waals surface area contributed by atoms with E-state index in [1.807, 2.05) is 0 Å². The molecular formula is C14H20N2O. The minimum Gasteiger partial charge on any atom is -0.369 e. The maximum Gasteiger partial charge on any atom is 0.120 e. The van der Waals surface area contributed by atoms with Gasteiger partial charge in [0, 0.05) is 38.3 Å². The van der Waals surface area contributed by atoms with Gasteiger partial charge in [-0.3, -0.25) is 0 Å². The van der Waals surface area contributed by atoms with Crippen molar-refractivity contribution in [3.05, 3.63) is 35.6 Å². The van der Waals surface area contributed by atoms with Crippen molar-refractivity contribution in [2.24, 2.45) is 0 Å². The Bertz CT molecular complexity index is 349. The first-order valence-corrected chi connectivity index (χ1v) is 6.36. The van der Waals surface area contributed by atoms with Crippen LogP contribution in [0.1, 0.15) is 19.3 Å². The van der Waals surface area contributed by atoms with Crippen molar-refractivity contribution in [1.29, 1.82) is 0 Å². The van der Waals surface area contributed by atoms with E-state index in [9.17, 15) is 4.79 Å². The Morgan fingerprint density at radius 3 is 2.88 bits per heavy atom. The third-order valence-electron chi connectivity index (χ3n) is 3.22. The Kier molecular flexibility index (Phi) is 4.56. The lowest BCUT2D eigenvalue weighted by molar-refractivity contribution is -0.107. The molecule has 0 bridgehead atoms. The summed E-state index contributed by atoms with van der Waals surface area (Å²) in [6, 6.07) is 0. The zero-order valence-corrected chi connectivity index (χ0v) is 10.2. The van der Waals surface area contributed by atoms with E-state index in [1.165, 1.54) is 11.3 Å². The SMILES string of the molecule is O=CCCC1=CC=C(N2CCNCC2)C=CC1. The van der Waals surface area contributed by atoms with Gasteiger partial charge in [0.2, 0.25) is 0 Å². The molecule has 0 aromatic carbocycles. The molecule has 2 aliphatic rings. The Labute approximate surface area is 103 Å². The largest absolute Gasteiger partial charge is 0.369 e. The van der Waals surface area contributed by atoms with Crippen LogP contribution in [-0.4, -0.2) is 37.4 Å². The molecule has 1 heterocycles. The van der Waals surface area contributed by atoms with Gasteiger partial charge in [-0.05, 0) is 25.0 Å². The van der Waals surface area contributed by atoms with Crippen LogP contribution in [0.4, 0.5) is 0 Å². The number of nitrogens with one attached hydrogen (secondary N) is 1. The molecule has 0 radical (unpaired) electrons. The van der Waals surface area contributed by atoms with E-state index in [1.54, 1.807) is 0 Å². The molecule has 1 fully saturated rings. The molecule has 1 N–H and O–H groups in total. The Morgan fingerprint density at radius 2 is 2.12 bits per heavy atom. The van der Waals surface area contributed by atoms with Crippen LogP contribution in [0.25, 0.3) is 0 Å². The number of hydrogen-bond donors (Lipinski definition) is 1. The number of allylic oxidation sites excluding steroid dienone is 5. The molecule has 17 heavy (non-hydrogen) atoms. The maximum absolute atomic E-state index is 10.4. The first-order chi connectivity index (χ1) is 8.40. The number of nitrogens with zero attached hydrogens (tertiary/aromatic N) is 1. The predicted molar refractivity (Wildman–Crippen MR) is 69.7 cm³/mol. The van der Waals surface area contributed by atoms with E-state index >= 15 is 0 Å². The quantitative estimate of drug-likeness (QED) is 0.748. The predicted octanol–water partition coefficient (Wildman–Crippen LogP) is 1.64. The topological polar surface area (TPSA) is 32.3 Å². The molecule has 92 valence electrons. The Hall–Kier alpha value is -1.35. The first-order valence-electron chi connectivity index (χ1n) is 6.36. The lowest BCUT2D eigenvalue weighted by atomic mass is 10.1. The highest BCUT2D eigenvalue weighted by Crippen LogP contribution is 2.17. The lowest BCUT2D eigenvalue weighted by Crippen LogP contribution is -2.42. The Morgan fingerprint density at radius 1 is 1.29 bits per heavy atom. The normalized spacial score (nSPS) is 20.6. The van der Waals surface area contributed by atoms with Crippen LogP contribution in [-0.2, 0) is 4.79 Å². The number of piperazine rings is 1. The molecule has 2 rings (SSSR count). The number of rotatable bonds is 4. The molecule has 0 spiro atoms.